The zero-order chi connectivity index (χ0) is 16.7. The fourth-order valence-electron chi connectivity index (χ4n) is 3.97. The summed E-state index contributed by atoms with van der Waals surface area (Å²) in [5.74, 6) is 0.555. The summed E-state index contributed by atoms with van der Waals surface area (Å²) in [4.78, 5) is 27.8. The van der Waals surface area contributed by atoms with Crippen LogP contribution in [-0.2, 0) is 9.59 Å². The minimum atomic E-state index is -0.840. The third-order valence-electron chi connectivity index (χ3n) is 4.91. The number of nitrogens with zero attached hydrogens (tertiary/aromatic N) is 2. The van der Waals surface area contributed by atoms with Crippen LogP contribution in [0.3, 0.4) is 0 Å². The van der Waals surface area contributed by atoms with Gasteiger partial charge in [0.25, 0.3) is 0 Å². The van der Waals surface area contributed by atoms with E-state index in [9.17, 15) is 14.7 Å². The first-order chi connectivity index (χ1) is 10.2. The number of rotatable bonds is 6. The lowest BCUT2D eigenvalue weighted by atomic mass is 9.76. The Bertz CT molecular complexity index is 457. The second kappa shape index (κ2) is 6.37. The second-order valence-corrected chi connectivity index (χ2v) is 7.33. The standard InChI is InChI=1S/C15H27N3O3S/c1-9(2)6-18-12(20)4-5-15(18)8-17(11(15)7-22)13(10(3)19)14(16)21/h9-11,13,19,22H,4-8H2,1-3H3,(H2,16,21)/t10-,11?,13+,15?/m1/s1. The number of hydrogen-bond acceptors (Lipinski definition) is 5. The van der Waals surface area contributed by atoms with Gasteiger partial charge in [0.2, 0.25) is 11.8 Å². The number of primary amides is 1. The maximum absolute atomic E-state index is 12.3. The van der Waals surface area contributed by atoms with E-state index >= 15 is 0 Å². The van der Waals surface area contributed by atoms with Crippen LogP contribution in [0.5, 0.6) is 0 Å². The molecule has 0 saturated carbocycles. The molecule has 2 heterocycles. The average Bonchev–Trinajstić information content (AvgIpc) is 2.68. The summed E-state index contributed by atoms with van der Waals surface area (Å²) in [5.41, 5.74) is 5.19. The Labute approximate surface area is 137 Å². The van der Waals surface area contributed by atoms with Crippen LogP contribution < -0.4 is 5.73 Å². The summed E-state index contributed by atoms with van der Waals surface area (Å²) < 4.78 is 0. The van der Waals surface area contributed by atoms with E-state index in [0.29, 0.717) is 31.2 Å². The van der Waals surface area contributed by atoms with Gasteiger partial charge in [-0.2, -0.15) is 12.6 Å². The summed E-state index contributed by atoms with van der Waals surface area (Å²) in [5, 5.41) is 9.88. The molecule has 2 rings (SSSR count). The molecule has 3 N–H and O–H groups in total. The Morgan fingerprint density at radius 1 is 1.50 bits per heavy atom. The molecule has 4 atom stereocenters. The zero-order valence-electron chi connectivity index (χ0n) is 13.5. The van der Waals surface area contributed by atoms with E-state index in [1.165, 1.54) is 0 Å². The molecule has 1 spiro atoms. The molecule has 6 nitrogen and oxygen atoms in total. The number of thiol groups is 1. The lowest BCUT2D eigenvalue weighted by molar-refractivity contribution is -0.158. The summed E-state index contributed by atoms with van der Waals surface area (Å²) in [7, 11) is 0. The van der Waals surface area contributed by atoms with Crippen LogP contribution in [0.4, 0.5) is 0 Å². The molecule has 0 aromatic heterocycles. The van der Waals surface area contributed by atoms with Crippen molar-refractivity contribution in [2.24, 2.45) is 11.7 Å². The van der Waals surface area contributed by atoms with Crippen LogP contribution in [0.25, 0.3) is 0 Å². The van der Waals surface area contributed by atoms with Crippen molar-refractivity contribution in [2.75, 3.05) is 18.8 Å². The molecule has 7 heteroatoms. The van der Waals surface area contributed by atoms with E-state index in [4.69, 9.17) is 5.73 Å². The Morgan fingerprint density at radius 2 is 2.14 bits per heavy atom. The Hall–Kier alpha value is -0.790. The first-order valence-electron chi connectivity index (χ1n) is 7.89. The highest BCUT2D eigenvalue weighted by molar-refractivity contribution is 7.80. The van der Waals surface area contributed by atoms with Gasteiger partial charge in [-0.25, -0.2) is 0 Å². The van der Waals surface area contributed by atoms with E-state index in [1.54, 1.807) is 6.92 Å². The van der Waals surface area contributed by atoms with Crippen molar-refractivity contribution < 1.29 is 14.7 Å². The first kappa shape index (κ1) is 17.6. The summed E-state index contributed by atoms with van der Waals surface area (Å²) in [6, 6.07) is -0.771. The smallest absolute Gasteiger partial charge is 0.237 e. The molecule has 0 bridgehead atoms. The number of carbonyl (C=O) groups excluding carboxylic acids is 2. The molecule has 22 heavy (non-hydrogen) atoms. The van der Waals surface area contributed by atoms with Crippen molar-refractivity contribution >= 4 is 24.4 Å². The third-order valence-corrected chi connectivity index (χ3v) is 5.26. The molecule has 0 aromatic rings. The molecule has 2 saturated heterocycles. The SMILES string of the molecule is CC(C)CN1C(=O)CCC12CN([C@H](C(N)=O)[C@@H](C)O)C2CS. The fourth-order valence-corrected chi connectivity index (χ4v) is 4.52. The van der Waals surface area contributed by atoms with E-state index in [-0.39, 0.29) is 17.5 Å². The Morgan fingerprint density at radius 3 is 2.59 bits per heavy atom. The van der Waals surface area contributed by atoms with Gasteiger partial charge in [-0.05, 0) is 19.3 Å². The normalized spacial score (nSPS) is 31.6. The number of hydrogen-bond donors (Lipinski definition) is 3. The van der Waals surface area contributed by atoms with Crippen LogP contribution in [0.2, 0.25) is 0 Å². The lowest BCUT2D eigenvalue weighted by Crippen LogP contribution is -2.79. The van der Waals surface area contributed by atoms with Crippen LogP contribution in [0, 0.1) is 5.92 Å². The van der Waals surface area contributed by atoms with Crippen molar-refractivity contribution in [2.45, 2.75) is 57.3 Å². The average molecular weight is 329 g/mol. The van der Waals surface area contributed by atoms with Crippen molar-refractivity contribution in [1.82, 2.24) is 9.80 Å². The predicted octanol–water partition coefficient (Wildman–Crippen LogP) is -0.148. The van der Waals surface area contributed by atoms with Crippen molar-refractivity contribution in [3.05, 3.63) is 0 Å². The highest BCUT2D eigenvalue weighted by Gasteiger charge is 2.61. The topological polar surface area (TPSA) is 86.9 Å². The van der Waals surface area contributed by atoms with Crippen LogP contribution in [-0.4, -0.2) is 69.3 Å². The molecule has 0 aliphatic carbocycles. The highest BCUT2D eigenvalue weighted by Crippen LogP contribution is 2.45. The Kier molecular flexibility index (Phi) is 5.09. The predicted molar refractivity (Wildman–Crippen MR) is 87.5 cm³/mol. The molecule has 0 radical (unpaired) electrons. The number of aliphatic hydroxyl groups is 1. The number of aliphatic hydroxyl groups excluding tert-OH is 1. The molecule has 0 aromatic carbocycles. The maximum atomic E-state index is 12.3. The second-order valence-electron chi connectivity index (χ2n) is 6.96. The van der Waals surface area contributed by atoms with Gasteiger partial charge in [0.15, 0.2) is 0 Å². The molecular weight excluding hydrogens is 302 g/mol. The van der Waals surface area contributed by atoms with Crippen LogP contribution in [0.15, 0.2) is 0 Å². The van der Waals surface area contributed by atoms with Gasteiger partial charge < -0.3 is 15.7 Å². The minimum absolute atomic E-state index is 0.0480. The van der Waals surface area contributed by atoms with Crippen LogP contribution >= 0.6 is 12.6 Å². The van der Waals surface area contributed by atoms with Crippen molar-refractivity contribution in [3.8, 4) is 0 Å². The van der Waals surface area contributed by atoms with Gasteiger partial charge in [0.1, 0.15) is 6.04 Å². The van der Waals surface area contributed by atoms with Crippen molar-refractivity contribution in [1.29, 1.82) is 0 Å². The molecule has 2 unspecified atom stereocenters. The number of nitrogens with two attached hydrogens (primary N) is 1. The summed E-state index contributed by atoms with van der Waals surface area (Å²) in [6.07, 6.45) is 0.486. The summed E-state index contributed by atoms with van der Waals surface area (Å²) >= 11 is 4.43. The molecule has 2 aliphatic rings. The van der Waals surface area contributed by atoms with E-state index in [2.05, 4.69) is 26.5 Å². The quantitative estimate of drug-likeness (QED) is 0.592. The molecule has 126 valence electrons. The first-order valence-corrected chi connectivity index (χ1v) is 8.52. The molecule has 2 aliphatic heterocycles. The Balaban J connectivity index is 2.23. The van der Waals surface area contributed by atoms with Gasteiger partial charge >= 0.3 is 0 Å². The molecule has 2 amide bonds. The van der Waals surface area contributed by atoms with E-state index in [1.807, 2.05) is 9.80 Å². The maximum Gasteiger partial charge on any atom is 0.237 e. The van der Waals surface area contributed by atoms with Crippen molar-refractivity contribution in [3.63, 3.8) is 0 Å². The fraction of sp³-hybridized carbons (Fsp3) is 0.867. The lowest BCUT2D eigenvalue weighted by Gasteiger charge is -2.61. The molecular formula is C15H27N3O3S. The van der Waals surface area contributed by atoms with E-state index in [0.717, 1.165) is 6.42 Å². The largest absolute Gasteiger partial charge is 0.391 e. The van der Waals surface area contributed by atoms with Crippen LogP contribution in [0.1, 0.15) is 33.6 Å². The minimum Gasteiger partial charge on any atom is -0.391 e. The third kappa shape index (κ3) is 2.74. The van der Waals surface area contributed by atoms with E-state index < -0.39 is 18.1 Å². The van der Waals surface area contributed by atoms with Gasteiger partial charge in [0.05, 0.1) is 11.6 Å². The van der Waals surface area contributed by atoms with Gasteiger partial charge in [-0.3, -0.25) is 14.5 Å². The number of carbonyl (C=O) groups is 2. The highest BCUT2D eigenvalue weighted by atomic mass is 32.1. The monoisotopic (exact) mass is 329 g/mol. The number of likely N-dealkylation sites (tertiary alicyclic amines) is 2. The summed E-state index contributed by atoms with van der Waals surface area (Å²) in [6.45, 7) is 7.05. The number of amides is 2. The van der Waals surface area contributed by atoms with Gasteiger partial charge in [-0.1, -0.05) is 13.8 Å². The van der Waals surface area contributed by atoms with Gasteiger partial charge in [0, 0.05) is 31.3 Å². The zero-order valence-corrected chi connectivity index (χ0v) is 14.4. The molecule has 2 fully saturated rings. The van der Waals surface area contributed by atoms with Gasteiger partial charge in [-0.15, -0.1) is 0 Å².